The van der Waals surface area contributed by atoms with Gasteiger partial charge in [0.15, 0.2) is 5.82 Å². The molecule has 0 bridgehead atoms. The summed E-state index contributed by atoms with van der Waals surface area (Å²) >= 11 is 0. The minimum Gasteiger partial charge on any atom is -0.494 e. The number of unbranched alkanes of at least 4 members (excludes halogenated alkanes) is 1. The molecule has 0 aliphatic rings. The first-order valence-corrected chi connectivity index (χ1v) is 6.79. The third kappa shape index (κ3) is 3.07. The maximum absolute atomic E-state index is 5.61. The SMILES string of the molecule is CCCCOc1ccc(-c2nc(-c3ncn[nH]3)no2)cc1. The summed E-state index contributed by atoms with van der Waals surface area (Å²) in [6, 6.07) is 7.56. The molecule has 1 aromatic carbocycles. The van der Waals surface area contributed by atoms with Crippen LogP contribution in [-0.2, 0) is 0 Å². The Morgan fingerprint density at radius 1 is 1.24 bits per heavy atom. The average molecular weight is 285 g/mol. The van der Waals surface area contributed by atoms with Gasteiger partial charge in [-0.3, -0.25) is 5.10 Å². The molecule has 2 aromatic heterocycles. The Kier molecular flexibility index (Phi) is 3.90. The van der Waals surface area contributed by atoms with E-state index in [1.54, 1.807) is 0 Å². The van der Waals surface area contributed by atoms with Gasteiger partial charge in [-0.1, -0.05) is 18.5 Å². The van der Waals surface area contributed by atoms with Crippen molar-refractivity contribution in [3.8, 4) is 28.9 Å². The minimum absolute atomic E-state index is 0.380. The number of hydrogen-bond donors (Lipinski definition) is 1. The lowest BCUT2D eigenvalue weighted by Crippen LogP contribution is -1.95. The molecular weight excluding hydrogens is 270 g/mol. The predicted octanol–water partition coefficient (Wildman–Crippen LogP) is 2.70. The second-order valence-electron chi connectivity index (χ2n) is 4.48. The van der Waals surface area contributed by atoms with E-state index in [-0.39, 0.29) is 0 Å². The number of rotatable bonds is 6. The van der Waals surface area contributed by atoms with E-state index in [0.29, 0.717) is 17.5 Å². The van der Waals surface area contributed by atoms with Gasteiger partial charge in [0.25, 0.3) is 5.89 Å². The molecule has 0 saturated carbocycles. The zero-order valence-electron chi connectivity index (χ0n) is 11.6. The van der Waals surface area contributed by atoms with Crippen LogP contribution in [0.15, 0.2) is 35.1 Å². The van der Waals surface area contributed by atoms with Gasteiger partial charge in [0.05, 0.1) is 6.61 Å². The zero-order valence-corrected chi connectivity index (χ0v) is 11.6. The smallest absolute Gasteiger partial charge is 0.258 e. The van der Waals surface area contributed by atoms with Crippen LogP contribution in [0.4, 0.5) is 0 Å². The molecule has 0 radical (unpaired) electrons. The highest BCUT2D eigenvalue weighted by Crippen LogP contribution is 2.22. The summed E-state index contributed by atoms with van der Waals surface area (Å²) in [5.41, 5.74) is 0.830. The summed E-state index contributed by atoms with van der Waals surface area (Å²) in [5.74, 6) is 2.12. The molecule has 0 amide bonds. The van der Waals surface area contributed by atoms with Gasteiger partial charge in [-0.2, -0.15) is 10.1 Å². The van der Waals surface area contributed by atoms with Crippen LogP contribution >= 0.6 is 0 Å². The van der Waals surface area contributed by atoms with Crippen molar-refractivity contribution in [2.24, 2.45) is 0 Å². The number of ether oxygens (including phenoxy) is 1. The summed E-state index contributed by atoms with van der Waals surface area (Å²) in [7, 11) is 0. The molecule has 7 heteroatoms. The van der Waals surface area contributed by atoms with E-state index < -0.39 is 0 Å². The Hall–Kier alpha value is -2.70. The average Bonchev–Trinajstić information content (AvgIpc) is 3.19. The monoisotopic (exact) mass is 285 g/mol. The summed E-state index contributed by atoms with van der Waals surface area (Å²) in [6.45, 7) is 2.86. The first-order valence-electron chi connectivity index (χ1n) is 6.79. The highest BCUT2D eigenvalue weighted by Gasteiger charge is 2.12. The molecule has 0 aliphatic heterocycles. The number of aromatic amines is 1. The molecule has 0 spiro atoms. The van der Waals surface area contributed by atoms with Crippen LogP contribution in [0, 0.1) is 0 Å². The summed E-state index contributed by atoms with van der Waals surface area (Å²) in [4.78, 5) is 8.25. The van der Waals surface area contributed by atoms with Crippen LogP contribution < -0.4 is 4.74 Å². The molecule has 2 heterocycles. The molecule has 0 saturated heterocycles. The lowest BCUT2D eigenvalue weighted by molar-refractivity contribution is 0.309. The van der Waals surface area contributed by atoms with Gasteiger partial charge in [0.1, 0.15) is 12.1 Å². The fourth-order valence-corrected chi connectivity index (χ4v) is 1.78. The number of hydrogen-bond acceptors (Lipinski definition) is 6. The Labute approximate surface area is 121 Å². The van der Waals surface area contributed by atoms with Crippen molar-refractivity contribution < 1.29 is 9.26 Å². The van der Waals surface area contributed by atoms with Crippen molar-refractivity contribution in [3.05, 3.63) is 30.6 Å². The van der Waals surface area contributed by atoms with Gasteiger partial charge >= 0.3 is 0 Å². The van der Waals surface area contributed by atoms with Gasteiger partial charge in [-0.25, -0.2) is 4.98 Å². The van der Waals surface area contributed by atoms with E-state index in [1.165, 1.54) is 6.33 Å². The van der Waals surface area contributed by atoms with E-state index in [2.05, 4.69) is 32.2 Å². The third-order valence-electron chi connectivity index (χ3n) is 2.92. The van der Waals surface area contributed by atoms with Gasteiger partial charge in [-0.15, -0.1) is 0 Å². The standard InChI is InChI=1S/C14H15N5O2/c1-2-3-8-20-11-6-4-10(5-7-11)14-17-13(19-21-14)12-15-9-16-18-12/h4-7,9H,2-3,8H2,1H3,(H,15,16,18). The molecule has 7 nitrogen and oxygen atoms in total. The molecule has 0 unspecified atom stereocenters. The highest BCUT2D eigenvalue weighted by molar-refractivity contribution is 5.56. The summed E-state index contributed by atoms with van der Waals surface area (Å²) in [5, 5.41) is 10.3. The Morgan fingerprint density at radius 2 is 2.10 bits per heavy atom. The maximum Gasteiger partial charge on any atom is 0.258 e. The number of H-pyrrole nitrogens is 1. The fourth-order valence-electron chi connectivity index (χ4n) is 1.78. The van der Waals surface area contributed by atoms with Crippen molar-refractivity contribution in [1.29, 1.82) is 0 Å². The first-order chi connectivity index (χ1) is 10.4. The lowest BCUT2D eigenvalue weighted by atomic mass is 10.2. The van der Waals surface area contributed by atoms with Gasteiger partial charge in [0.2, 0.25) is 5.82 Å². The van der Waals surface area contributed by atoms with Crippen molar-refractivity contribution in [3.63, 3.8) is 0 Å². The van der Waals surface area contributed by atoms with E-state index in [0.717, 1.165) is 30.8 Å². The summed E-state index contributed by atoms with van der Waals surface area (Å²) in [6.07, 6.45) is 3.56. The number of nitrogens with one attached hydrogen (secondary N) is 1. The third-order valence-corrected chi connectivity index (χ3v) is 2.92. The number of aromatic nitrogens is 5. The van der Waals surface area contributed by atoms with Gasteiger partial charge in [0, 0.05) is 5.56 Å². The molecule has 1 N–H and O–H groups in total. The highest BCUT2D eigenvalue weighted by atomic mass is 16.5. The van der Waals surface area contributed by atoms with Crippen molar-refractivity contribution in [2.45, 2.75) is 19.8 Å². The first kappa shape index (κ1) is 13.3. The molecule has 21 heavy (non-hydrogen) atoms. The zero-order chi connectivity index (χ0) is 14.5. The quantitative estimate of drug-likeness (QED) is 0.700. The van der Waals surface area contributed by atoms with Gasteiger partial charge in [-0.05, 0) is 30.7 Å². The van der Waals surface area contributed by atoms with Crippen LogP contribution in [-0.4, -0.2) is 31.9 Å². The van der Waals surface area contributed by atoms with Crippen molar-refractivity contribution in [2.75, 3.05) is 6.61 Å². The number of benzene rings is 1. The second kappa shape index (κ2) is 6.17. The topological polar surface area (TPSA) is 89.7 Å². The predicted molar refractivity (Wildman–Crippen MR) is 75.5 cm³/mol. The Bertz CT molecular complexity index is 676. The lowest BCUT2D eigenvalue weighted by Gasteiger charge is -2.04. The normalized spacial score (nSPS) is 10.7. The summed E-state index contributed by atoms with van der Waals surface area (Å²) < 4.78 is 10.8. The van der Waals surface area contributed by atoms with Crippen molar-refractivity contribution in [1.82, 2.24) is 25.3 Å². The largest absolute Gasteiger partial charge is 0.494 e. The number of nitrogens with zero attached hydrogens (tertiary/aromatic N) is 4. The van der Waals surface area contributed by atoms with E-state index >= 15 is 0 Å². The molecule has 3 rings (SSSR count). The van der Waals surface area contributed by atoms with Crippen LogP contribution in [0.3, 0.4) is 0 Å². The van der Waals surface area contributed by atoms with Crippen LogP contribution in [0.25, 0.3) is 23.1 Å². The van der Waals surface area contributed by atoms with Crippen LogP contribution in [0.1, 0.15) is 19.8 Å². The maximum atomic E-state index is 5.61. The van der Waals surface area contributed by atoms with E-state index in [1.807, 2.05) is 24.3 Å². The molecule has 0 aliphatic carbocycles. The Balaban J connectivity index is 1.72. The molecule has 0 atom stereocenters. The molecule has 3 aromatic rings. The van der Waals surface area contributed by atoms with Crippen LogP contribution in [0.2, 0.25) is 0 Å². The molecule has 0 fully saturated rings. The van der Waals surface area contributed by atoms with Gasteiger partial charge < -0.3 is 9.26 Å². The Morgan fingerprint density at radius 3 is 2.81 bits per heavy atom. The van der Waals surface area contributed by atoms with E-state index in [9.17, 15) is 0 Å². The van der Waals surface area contributed by atoms with E-state index in [4.69, 9.17) is 9.26 Å². The minimum atomic E-state index is 0.380. The molecular formula is C14H15N5O2. The second-order valence-corrected chi connectivity index (χ2v) is 4.48. The van der Waals surface area contributed by atoms with Crippen molar-refractivity contribution >= 4 is 0 Å². The van der Waals surface area contributed by atoms with Crippen LogP contribution in [0.5, 0.6) is 5.75 Å². The molecule has 108 valence electrons. The fraction of sp³-hybridized carbons (Fsp3) is 0.286.